The van der Waals surface area contributed by atoms with Crippen LogP contribution in [0.3, 0.4) is 0 Å². The lowest BCUT2D eigenvalue weighted by atomic mass is 10.1. The smallest absolute Gasteiger partial charge is 0.207 e. The molecule has 0 aliphatic rings. The van der Waals surface area contributed by atoms with Crippen molar-refractivity contribution in [1.29, 1.82) is 5.26 Å². The molecule has 0 saturated heterocycles. The number of nitriles is 1. The normalized spacial score (nSPS) is 11.3. The van der Waals surface area contributed by atoms with E-state index in [1.165, 1.54) is 18.2 Å². The van der Waals surface area contributed by atoms with Crippen molar-refractivity contribution in [3.8, 4) is 17.3 Å². The third kappa shape index (κ3) is 2.19. The predicted octanol–water partition coefficient (Wildman–Crippen LogP) is 3.84. The standard InChI is InChI=1S/C11H4F4N2S/c12-7-3-1-6(2-4-7)9-8(5-16)10(18-17-9)11(13,14)15/h1-4H. The number of hydrogen-bond donors (Lipinski definition) is 0. The number of benzene rings is 1. The number of alkyl halides is 3. The van der Waals surface area contributed by atoms with Crippen LogP contribution in [0.5, 0.6) is 0 Å². The fourth-order valence-corrected chi connectivity index (χ4v) is 2.11. The van der Waals surface area contributed by atoms with E-state index in [9.17, 15) is 17.6 Å². The minimum absolute atomic E-state index is 0.0742. The van der Waals surface area contributed by atoms with Crippen molar-refractivity contribution < 1.29 is 17.6 Å². The Morgan fingerprint density at radius 2 is 1.78 bits per heavy atom. The Morgan fingerprint density at radius 3 is 2.28 bits per heavy atom. The highest BCUT2D eigenvalue weighted by Crippen LogP contribution is 2.39. The maximum atomic E-state index is 12.7. The van der Waals surface area contributed by atoms with Gasteiger partial charge in [0, 0.05) is 5.56 Å². The molecule has 0 atom stereocenters. The van der Waals surface area contributed by atoms with Crippen molar-refractivity contribution >= 4 is 11.5 Å². The van der Waals surface area contributed by atoms with Gasteiger partial charge in [0.1, 0.15) is 28.0 Å². The van der Waals surface area contributed by atoms with Gasteiger partial charge in [-0.25, -0.2) is 4.39 Å². The number of nitrogens with zero attached hydrogens (tertiary/aromatic N) is 2. The topological polar surface area (TPSA) is 36.7 Å². The highest BCUT2D eigenvalue weighted by molar-refractivity contribution is 7.06. The van der Waals surface area contributed by atoms with Crippen molar-refractivity contribution in [2.24, 2.45) is 0 Å². The number of aromatic nitrogens is 1. The van der Waals surface area contributed by atoms with Crippen molar-refractivity contribution in [3.63, 3.8) is 0 Å². The van der Waals surface area contributed by atoms with Crippen molar-refractivity contribution in [2.75, 3.05) is 0 Å². The molecule has 0 unspecified atom stereocenters. The van der Waals surface area contributed by atoms with Gasteiger partial charge in [-0.05, 0) is 35.8 Å². The molecule has 0 N–H and O–H groups in total. The molecule has 2 aromatic rings. The monoisotopic (exact) mass is 272 g/mol. The summed E-state index contributed by atoms with van der Waals surface area (Å²) in [5.41, 5.74) is -0.325. The SMILES string of the molecule is N#Cc1c(-c2ccc(F)cc2)nsc1C(F)(F)F. The molecule has 2 rings (SSSR count). The van der Waals surface area contributed by atoms with Gasteiger partial charge >= 0.3 is 6.18 Å². The van der Waals surface area contributed by atoms with Gasteiger partial charge in [0.05, 0.1) is 0 Å². The molecule has 0 radical (unpaired) electrons. The highest BCUT2D eigenvalue weighted by Gasteiger charge is 2.38. The second-order valence-electron chi connectivity index (χ2n) is 3.35. The fraction of sp³-hybridized carbons (Fsp3) is 0.0909. The predicted molar refractivity (Wildman–Crippen MR) is 57.2 cm³/mol. The molecule has 0 aliphatic carbocycles. The molecule has 0 bridgehead atoms. The van der Waals surface area contributed by atoms with E-state index < -0.39 is 22.4 Å². The van der Waals surface area contributed by atoms with E-state index in [1.807, 2.05) is 0 Å². The Kier molecular flexibility index (Phi) is 3.05. The third-order valence-corrected chi connectivity index (χ3v) is 3.07. The number of halogens is 4. The van der Waals surface area contributed by atoms with Crippen LogP contribution in [0.4, 0.5) is 17.6 Å². The van der Waals surface area contributed by atoms with Gasteiger partial charge in [-0.3, -0.25) is 0 Å². The van der Waals surface area contributed by atoms with Crippen molar-refractivity contribution in [2.45, 2.75) is 6.18 Å². The van der Waals surface area contributed by atoms with Crippen LogP contribution < -0.4 is 0 Å². The zero-order valence-corrected chi connectivity index (χ0v) is 9.44. The van der Waals surface area contributed by atoms with Crippen LogP contribution in [-0.4, -0.2) is 4.37 Å². The summed E-state index contributed by atoms with van der Waals surface area (Å²) in [6, 6.07) is 6.26. The maximum Gasteiger partial charge on any atom is 0.428 e. The van der Waals surface area contributed by atoms with Crippen molar-refractivity contribution in [3.05, 3.63) is 40.5 Å². The van der Waals surface area contributed by atoms with E-state index in [2.05, 4.69) is 4.37 Å². The zero-order valence-electron chi connectivity index (χ0n) is 8.62. The molecule has 0 aliphatic heterocycles. The molecule has 0 spiro atoms. The Labute approximate surface area is 103 Å². The number of hydrogen-bond acceptors (Lipinski definition) is 3. The molecule has 18 heavy (non-hydrogen) atoms. The molecule has 1 aromatic heterocycles. The second-order valence-corrected chi connectivity index (χ2v) is 4.13. The summed E-state index contributed by atoms with van der Waals surface area (Å²) in [5, 5.41) is 8.81. The molecule has 1 aromatic carbocycles. The van der Waals surface area contributed by atoms with Crippen LogP contribution in [0, 0.1) is 17.1 Å². The summed E-state index contributed by atoms with van der Waals surface area (Å²) in [7, 11) is 0. The van der Waals surface area contributed by atoms with Gasteiger partial charge < -0.3 is 0 Å². The maximum absolute atomic E-state index is 12.7. The Hall–Kier alpha value is -1.94. The van der Waals surface area contributed by atoms with Crippen LogP contribution in [-0.2, 0) is 6.18 Å². The molecule has 2 nitrogen and oxygen atoms in total. The van der Waals surface area contributed by atoms with Crippen LogP contribution in [0.1, 0.15) is 10.4 Å². The van der Waals surface area contributed by atoms with E-state index in [0.29, 0.717) is 0 Å². The van der Waals surface area contributed by atoms with Gasteiger partial charge in [0.25, 0.3) is 0 Å². The van der Waals surface area contributed by atoms with Gasteiger partial charge in [-0.2, -0.15) is 22.8 Å². The first-order valence-corrected chi connectivity index (χ1v) is 5.43. The first-order valence-electron chi connectivity index (χ1n) is 4.66. The number of rotatable bonds is 1. The summed E-state index contributed by atoms with van der Waals surface area (Å²) in [6.07, 6.45) is -4.61. The fourth-order valence-electron chi connectivity index (χ4n) is 1.39. The average Bonchev–Trinajstić information content (AvgIpc) is 2.73. The summed E-state index contributed by atoms with van der Waals surface area (Å²) in [5.74, 6) is -0.511. The minimum atomic E-state index is -4.61. The van der Waals surface area contributed by atoms with Gasteiger partial charge in [0.2, 0.25) is 0 Å². The lowest BCUT2D eigenvalue weighted by Crippen LogP contribution is -2.04. The molecular weight excluding hydrogens is 268 g/mol. The van der Waals surface area contributed by atoms with E-state index in [1.54, 1.807) is 0 Å². The van der Waals surface area contributed by atoms with Gasteiger partial charge in [-0.15, -0.1) is 0 Å². The van der Waals surface area contributed by atoms with Gasteiger partial charge in [0.15, 0.2) is 0 Å². The highest BCUT2D eigenvalue weighted by atomic mass is 32.1. The summed E-state index contributed by atoms with van der Waals surface area (Å²) >= 11 is 0.215. The first kappa shape index (κ1) is 12.5. The minimum Gasteiger partial charge on any atom is -0.207 e. The molecule has 0 saturated carbocycles. The molecule has 0 amide bonds. The van der Waals surface area contributed by atoms with Crippen molar-refractivity contribution in [1.82, 2.24) is 4.37 Å². The van der Waals surface area contributed by atoms with E-state index in [0.717, 1.165) is 12.1 Å². The van der Waals surface area contributed by atoms with Gasteiger partial charge in [-0.1, -0.05) is 0 Å². The Morgan fingerprint density at radius 1 is 1.17 bits per heavy atom. The summed E-state index contributed by atoms with van der Waals surface area (Å²) in [4.78, 5) is -1.04. The second kappa shape index (κ2) is 4.38. The molecular formula is C11H4F4N2S. The van der Waals surface area contributed by atoms with E-state index >= 15 is 0 Å². The average molecular weight is 272 g/mol. The molecule has 92 valence electrons. The summed E-state index contributed by atoms with van der Waals surface area (Å²) in [6.45, 7) is 0. The molecule has 7 heteroatoms. The summed E-state index contributed by atoms with van der Waals surface area (Å²) < 4.78 is 54.1. The van der Waals surface area contributed by atoms with Crippen LogP contribution in [0.25, 0.3) is 11.3 Å². The van der Waals surface area contributed by atoms with Crippen LogP contribution in [0.15, 0.2) is 24.3 Å². The Bertz CT molecular complexity index is 607. The lowest BCUT2D eigenvalue weighted by molar-refractivity contribution is -0.134. The van der Waals surface area contributed by atoms with E-state index in [-0.39, 0.29) is 22.8 Å². The largest absolute Gasteiger partial charge is 0.428 e. The zero-order chi connectivity index (χ0) is 13.3. The first-order chi connectivity index (χ1) is 8.43. The third-order valence-electron chi connectivity index (χ3n) is 2.18. The Balaban J connectivity index is 2.57. The lowest BCUT2D eigenvalue weighted by Gasteiger charge is -2.02. The molecule has 0 fully saturated rings. The quantitative estimate of drug-likeness (QED) is 0.739. The molecule has 1 heterocycles. The van der Waals surface area contributed by atoms with Crippen LogP contribution >= 0.6 is 11.5 Å². The van der Waals surface area contributed by atoms with E-state index in [4.69, 9.17) is 5.26 Å². The van der Waals surface area contributed by atoms with Crippen LogP contribution in [0.2, 0.25) is 0 Å².